The van der Waals surface area contributed by atoms with E-state index in [1.807, 2.05) is 0 Å². The molecule has 1 rings (SSSR count). The van der Waals surface area contributed by atoms with Crippen LogP contribution in [0.5, 0.6) is 0 Å². The van der Waals surface area contributed by atoms with Crippen molar-refractivity contribution in [3.05, 3.63) is 0 Å². The maximum Gasteiger partial charge on any atom is 0.0701 e. The molecule has 3 nitrogen and oxygen atoms in total. The molecule has 0 heterocycles. The zero-order valence-corrected chi connectivity index (χ0v) is 8.42. The van der Waals surface area contributed by atoms with Crippen molar-refractivity contribution in [1.82, 2.24) is 5.43 Å². The van der Waals surface area contributed by atoms with Crippen molar-refractivity contribution in [1.29, 1.82) is 0 Å². The van der Waals surface area contributed by atoms with Gasteiger partial charge in [-0.1, -0.05) is 12.8 Å². The monoisotopic (exact) mass is 184 g/mol. The molecule has 3 heteroatoms. The molecule has 0 aromatic carbocycles. The minimum absolute atomic E-state index is 0.310. The summed E-state index contributed by atoms with van der Waals surface area (Å²) in [6.45, 7) is 2.32. The van der Waals surface area contributed by atoms with E-state index >= 15 is 0 Å². The van der Waals surface area contributed by atoms with E-state index in [1.54, 1.807) is 6.92 Å². The zero-order chi connectivity index (χ0) is 9.52. The zero-order valence-electron chi connectivity index (χ0n) is 8.42. The Hall–Kier alpha value is -0.570. The molecule has 0 amide bonds. The Morgan fingerprint density at radius 3 is 2.46 bits per heavy atom. The lowest BCUT2D eigenvalue weighted by atomic mass is 10.2. The number of hydrogen-bond acceptors (Lipinski definition) is 3. The number of hydrazone groups is 1. The maximum absolute atomic E-state index is 9.01. The molecule has 1 atom stereocenters. The van der Waals surface area contributed by atoms with Gasteiger partial charge < -0.3 is 10.5 Å². The van der Waals surface area contributed by atoms with Crippen LogP contribution in [0.4, 0.5) is 0 Å². The molecule has 0 radical (unpaired) electrons. The quantitative estimate of drug-likeness (QED) is 0.517. The highest BCUT2D eigenvalue weighted by atomic mass is 16.3. The van der Waals surface area contributed by atoms with Crippen LogP contribution in [0, 0.1) is 0 Å². The summed E-state index contributed by atoms with van der Waals surface area (Å²) in [5.74, 6) is 0. The molecule has 1 fully saturated rings. The standard InChI is InChI=1S/C10H20N2O/c1-9(13)8-11-12-10-6-4-2-3-5-7-10/h9,11,13H,2-8H2,1H3. The minimum Gasteiger partial charge on any atom is -0.392 e. The molecule has 76 valence electrons. The summed E-state index contributed by atoms with van der Waals surface area (Å²) in [5.41, 5.74) is 4.20. The van der Waals surface area contributed by atoms with E-state index in [2.05, 4.69) is 10.5 Å². The van der Waals surface area contributed by atoms with E-state index in [0.29, 0.717) is 6.54 Å². The Morgan fingerprint density at radius 2 is 1.92 bits per heavy atom. The van der Waals surface area contributed by atoms with Crippen LogP contribution in [-0.4, -0.2) is 23.5 Å². The Morgan fingerprint density at radius 1 is 1.31 bits per heavy atom. The molecule has 0 spiro atoms. The van der Waals surface area contributed by atoms with Crippen LogP contribution in [0.25, 0.3) is 0 Å². The molecule has 1 unspecified atom stereocenters. The van der Waals surface area contributed by atoms with Crippen LogP contribution in [0.2, 0.25) is 0 Å². The van der Waals surface area contributed by atoms with Crippen molar-refractivity contribution in [3.63, 3.8) is 0 Å². The second kappa shape index (κ2) is 5.97. The Kier molecular flexibility index (Phi) is 4.83. The first-order valence-electron chi connectivity index (χ1n) is 5.25. The van der Waals surface area contributed by atoms with Gasteiger partial charge in [0.25, 0.3) is 0 Å². The predicted octanol–water partition coefficient (Wildman–Crippen LogP) is 1.67. The highest BCUT2D eigenvalue weighted by molar-refractivity contribution is 5.84. The lowest BCUT2D eigenvalue weighted by Crippen LogP contribution is -2.21. The smallest absolute Gasteiger partial charge is 0.0701 e. The van der Waals surface area contributed by atoms with Gasteiger partial charge in [0, 0.05) is 5.71 Å². The highest BCUT2D eigenvalue weighted by Gasteiger charge is 2.05. The fourth-order valence-electron chi connectivity index (χ4n) is 1.54. The van der Waals surface area contributed by atoms with Gasteiger partial charge in [0.1, 0.15) is 0 Å². The Labute approximate surface area is 80.2 Å². The summed E-state index contributed by atoms with van der Waals surface area (Å²) in [6, 6.07) is 0. The number of hydrogen-bond donors (Lipinski definition) is 2. The molecule has 1 aliphatic carbocycles. The summed E-state index contributed by atoms with van der Waals surface area (Å²) in [5, 5.41) is 13.3. The molecular formula is C10H20N2O. The number of aliphatic hydroxyl groups is 1. The van der Waals surface area contributed by atoms with E-state index < -0.39 is 0 Å². The largest absolute Gasteiger partial charge is 0.392 e. The van der Waals surface area contributed by atoms with Gasteiger partial charge in [0.2, 0.25) is 0 Å². The van der Waals surface area contributed by atoms with Crippen molar-refractivity contribution in [2.45, 2.75) is 51.6 Å². The van der Waals surface area contributed by atoms with Gasteiger partial charge in [0.15, 0.2) is 0 Å². The van der Waals surface area contributed by atoms with Crippen molar-refractivity contribution < 1.29 is 5.11 Å². The summed E-state index contributed by atoms with van der Waals surface area (Å²) in [6.07, 6.45) is 7.18. The molecule has 2 N–H and O–H groups in total. The summed E-state index contributed by atoms with van der Waals surface area (Å²) in [4.78, 5) is 0. The van der Waals surface area contributed by atoms with E-state index in [1.165, 1.54) is 31.4 Å². The number of nitrogens with zero attached hydrogens (tertiary/aromatic N) is 1. The lowest BCUT2D eigenvalue weighted by molar-refractivity contribution is 0.192. The van der Waals surface area contributed by atoms with E-state index in [0.717, 1.165) is 12.8 Å². The van der Waals surface area contributed by atoms with Gasteiger partial charge >= 0.3 is 0 Å². The number of nitrogens with one attached hydrogen (secondary N) is 1. The van der Waals surface area contributed by atoms with Crippen LogP contribution in [0.1, 0.15) is 45.4 Å². The molecule has 1 aliphatic rings. The van der Waals surface area contributed by atoms with Gasteiger partial charge in [-0.05, 0) is 32.6 Å². The van der Waals surface area contributed by atoms with Crippen molar-refractivity contribution >= 4 is 5.71 Å². The topological polar surface area (TPSA) is 44.6 Å². The summed E-state index contributed by atoms with van der Waals surface area (Å²) >= 11 is 0. The fraction of sp³-hybridized carbons (Fsp3) is 0.900. The molecule has 0 bridgehead atoms. The molecule has 1 saturated carbocycles. The first-order chi connectivity index (χ1) is 6.29. The molecule has 0 saturated heterocycles. The van der Waals surface area contributed by atoms with Gasteiger partial charge in [-0.25, -0.2) is 0 Å². The van der Waals surface area contributed by atoms with Crippen molar-refractivity contribution in [2.24, 2.45) is 5.10 Å². The molecule has 0 aliphatic heterocycles. The van der Waals surface area contributed by atoms with Crippen LogP contribution >= 0.6 is 0 Å². The molecule has 13 heavy (non-hydrogen) atoms. The van der Waals surface area contributed by atoms with Gasteiger partial charge in [-0.15, -0.1) is 0 Å². The minimum atomic E-state index is -0.310. The highest BCUT2D eigenvalue weighted by Crippen LogP contribution is 2.14. The summed E-state index contributed by atoms with van der Waals surface area (Å²) < 4.78 is 0. The Bertz CT molecular complexity index is 156. The first-order valence-corrected chi connectivity index (χ1v) is 5.25. The van der Waals surface area contributed by atoms with Crippen molar-refractivity contribution in [3.8, 4) is 0 Å². The van der Waals surface area contributed by atoms with E-state index in [9.17, 15) is 0 Å². The average molecular weight is 184 g/mol. The molecule has 0 aromatic rings. The molecular weight excluding hydrogens is 164 g/mol. The van der Waals surface area contributed by atoms with Crippen LogP contribution in [-0.2, 0) is 0 Å². The SMILES string of the molecule is CC(O)CNN=C1CCCCCC1. The Balaban J connectivity index is 2.22. The normalized spacial score (nSPS) is 20.6. The third kappa shape index (κ3) is 4.88. The summed E-state index contributed by atoms with van der Waals surface area (Å²) in [7, 11) is 0. The number of aliphatic hydroxyl groups excluding tert-OH is 1. The van der Waals surface area contributed by atoms with Gasteiger partial charge in [-0.2, -0.15) is 5.10 Å². The average Bonchev–Trinajstić information content (AvgIpc) is 2.32. The van der Waals surface area contributed by atoms with E-state index in [4.69, 9.17) is 5.11 Å². The maximum atomic E-state index is 9.01. The fourth-order valence-corrected chi connectivity index (χ4v) is 1.54. The molecule has 0 aromatic heterocycles. The van der Waals surface area contributed by atoms with Gasteiger partial charge in [-0.3, -0.25) is 0 Å². The second-order valence-corrected chi connectivity index (χ2v) is 3.80. The third-order valence-electron chi connectivity index (χ3n) is 2.30. The number of rotatable bonds is 3. The van der Waals surface area contributed by atoms with Gasteiger partial charge in [0.05, 0.1) is 12.6 Å². The van der Waals surface area contributed by atoms with Crippen LogP contribution in [0.3, 0.4) is 0 Å². The third-order valence-corrected chi connectivity index (χ3v) is 2.30. The van der Waals surface area contributed by atoms with Crippen molar-refractivity contribution in [2.75, 3.05) is 6.54 Å². The predicted molar refractivity (Wildman–Crippen MR) is 54.8 cm³/mol. The second-order valence-electron chi connectivity index (χ2n) is 3.80. The van der Waals surface area contributed by atoms with Crippen LogP contribution < -0.4 is 5.43 Å². The van der Waals surface area contributed by atoms with Crippen LogP contribution in [0.15, 0.2) is 5.10 Å². The van der Waals surface area contributed by atoms with E-state index in [-0.39, 0.29) is 6.10 Å². The lowest BCUT2D eigenvalue weighted by Gasteiger charge is -2.05. The first kappa shape index (κ1) is 10.5.